The van der Waals surface area contributed by atoms with E-state index in [0.717, 1.165) is 5.56 Å². The standard InChI is InChI=1S/C15H20N2O5/c1-15(2)8-10-12(16-5-6-20-3)11(17-19)7-9(13(10)22-15)14(18)21-4/h7,16H,5-6,8H2,1-4H3. The normalized spacial score (nSPS) is 14.9. The van der Waals surface area contributed by atoms with Crippen molar-refractivity contribution >= 4 is 17.3 Å². The van der Waals surface area contributed by atoms with Gasteiger partial charge in [0.05, 0.1) is 19.4 Å². The highest BCUT2D eigenvalue weighted by molar-refractivity contribution is 5.97. The number of rotatable bonds is 6. The number of nitrogens with zero attached hydrogens (tertiary/aromatic N) is 1. The zero-order valence-corrected chi connectivity index (χ0v) is 13.2. The molecule has 0 unspecified atom stereocenters. The first kappa shape index (κ1) is 16.2. The van der Waals surface area contributed by atoms with Crippen LogP contribution in [0.4, 0.5) is 11.4 Å². The summed E-state index contributed by atoms with van der Waals surface area (Å²) in [5.41, 5.74) is 1.26. The number of nitroso groups, excluding NO2 is 1. The molecule has 1 N–H and O–H groups in total. The lowest BCUT2D eigenvalue weighted by atomic mass is 9.97. The number of esters is 1. The molecule has 22 heavy (non-hydrogen) atoms. The number of methoxy groups -OCH3 is 2. The molecule has 2 rings (SSSR count). The molecule has 1 aliphatic heterocycles. The van der Waals surface area contributed by atoms with Gasteiger partial charge in [0, 0.05) is 25.6 Å². The fourth-order valence-electron chi connectivity index (χ4n) is 2.54. The third-order valence-electron chi connectivity index (χ3n) is 3.45. The lowest BCUT2D eigenvalue weighted by Gasteiger charge is -2.17. The Bertz CT molecular complexity index is 598. The van der Waals surface area contributed by atoms with Crippen LogP contribution in [-0.2, 0) is 15.9 Å². The maximum absolute atomic E-state index is 11.9. The van der Waals surface area contributed by atoms with Crippen molar-refractivity contribution in [3.05, 3.63) is 22.1 Å². The molecular weight excluding hydrogens is 288 g/mol. The van der Waals surface area contributed by atoms with Crippen molar-refractivity contribution in [2.75, 3.05) is 32.7 Å². The lowest BCUT2D eigenvalue weighted by Crippen LogP contribution is -2.25. The summed E-state index contributed by atoms with van der Waals surface area (Å²) in [5.74, 6) is -0.105. The van der Waals surface area contributed by atoms with Crippen molar-refractivity contribution in [1.82, 2.24) is 0 Å². The minimum atomic E-state index is -0.553. The summed E-state index contributed by atoms with van der Waals surface area (Å²) in [7, 11) is 2.88. The van der Waals surface area contributed by atoms with E-state index in [-0.39, 0.29) is 11.3 Å². The van der Waals surface area contributed by atoms with Crippen molar-refractivity contribution in [2.45, 2.75) is 25.9 Å². The van der Waals surface area contributed by atoms with E-state index in [1.165, 1.54) is 13.2 Å². The first-order valence-electron chi connectivity index (χ1n) is 6.97. The Morgan fingerprint density at radius 3 is 2.77 bits per heavy atom. The van der Waals surface area contributed by atoms with Crippen molar-refractivity contribution in [3.8, 4) is 5.75 Å². The van der Waals surface area contributed by atoms with E-state index in [1.807, 2.05) is 13.8 Å². The molecule has 0 fully saturated rings. The van der Waals surface area contributed by atoms with Crippen LogP contribution in [0.25, 0.3) is 0 Å². The smallest absolute Gasteiger partial charge is 0.341 e. The third kappa shape index (κ3) is 3.04. The molecule has 0 saturated carbocycles. The molecule has 1 aromatic rings. The molecule has 0 atom stereocenters. The molecule has 7 heteroatoms. The number of carbonyl (C=O) groups is 1. The van der Waals surface area contributed by atoms with Gasteiger partial charge in [-0.1, -0.05) is 0 Å². The van der Waals surface area contributed by atoms with Crippen LogP contribution in [0.15, 0.2) is 11.2 Å². The van der Waals surface area contributed by atoms with Crippen LogP contribution in [0, 0.1) is 4.91 Å². The summed E-state index contributed by atoms with van der Waals surface area (Å²) in [6.07, 6.45) is 0.561. The second-order valence-corrected chi connectivity index (χ2v) is 5.67. The Kier molecular flexibility index (Phi) is 4.65. The largest absolute Gasteiger partial charge is 0.486 e. The van der Waals surface area contributed by atoms with E-state index in [4.69, 9.17) is 14.2 Å². The predicted octanol–water partition coefficient (Wildman–Crippen LogP) is 2.64. The average molecular weight is 308 g/mol. The van der Waals surface area contributed by atoms with E-state index in [9.17, 15) is 9.70 Å². The van der Waals surface area contributed by atoms with Crippen molar-refractivity contribution in [2.24, 2.45) is 5.18 Å². The molecule has 0 amide bonds. The summed E-state index contributed by atoms with van der Waals surface area (Å²) in [5, 5.41) is 6.17. The van der Waals surface area contributed by atoms with Gasteiger partial charge in [-0.3, -0.25) is 0 Å². The Balaban J connectivity index is 2.53. The number of anilines is 1. The Morgan fingerprint density at radius 1 is 1.45 bits per heavy atom. The van der Waals surface area contributed by atoms with E-state index in [0.29, 0.717) is 31.0 Å². The van der Waals surface area contributed by atoms with Gasteiger partial charge in [-0.25, -0.2) is 4.79 Å². The molecule has 0 aromatic heterocycles. The monoisotopic (exact) mass is 308 g/mol. The molecular formula is C15H20N2O5. The first-order chi connectivity index (χ1) is 10.4. The van der Waals surface area contributed by atoms with Gasteiger partial charge in [-0.15, -0.1) is 4.91 Å². The topological polar surface area (TPSA) is 86.2 Å². The van der Waals surface area contributed by atoms with Gasteiger partial charge in [0.1, 0.15) is 22.6 Å². The molecule has 0 bridgehead atoms. The van der Waals surface area contributed by atoms with E-state index in [2.05, 4.69) is 10.5 Å². The lowest BCUT2D eigenvalue weighted by molar-refractivity contribution is 0.0590. The van der Waals surface area contributed by atoms with Crippen molar-refractivity contribution in [3.63, 3.8) is 0 Å². The predicted molar refractivity (Wildman–Crippen MR) is 82.0 cm³/mol. The second kappa shape index (κ2) is 6.31. The van der Waals surface area contributed by atoms with Crippen molar-refractivity contribution in [1.29, 1.82) is 0 Å². The second-order valence-electron chi connectivity index (χ2n) is 5.67. The minimum absolute atomic E-state index is 0.163. The van der Waals surface area contributed by atoms with Crippen LogP contribution in [0.1, 0.15) is 29.8 Å². The van der Waals surface area contributed by atoms with Gasteiger partial charge in [-0.05, 0) is 25.1 Å². The highest BCUT2D eigenvalue weighted by Gasteiger charge is 2.37. The summed E-state index contributed by atoms with van der Waals surface area (Å²) in [4.78, 5) is 23.1. The van der Waals surface area contributed by atoms with E-state index in [1.54, 1.807) is 7.11 Å². The molecule has 1 aliphatic rings. The maximum atomic E-state index is 11.9. The van der Waals surface area contributed by atoms with Crippen LogP contribution in [-0.4, -0.2) is 38.9 Å². The van der Waals surface area contributed by atoms with Gasteiger partial charge in [0.25, 0.3) is 0 Å². The zero-order valence-electron chi connectivity index (χ0n) is 13.2. The summed E-state index contributed by atoms with van der Waals surface area (Å²) in [6, 6.07) is 1.40. The fraction of sp³-hybridized carbons (Fsp3) is 0.533. The van der Waals surface area contributed by atoms with Crippen LogP contribution in [0.2, 0.25) is 0 Å². The SMILES string of the molecule is COCCNc1c(N=O)cc(C(=O)OC)c2c1CC(C)(C)O2. The maximum Gasteiger partial charge on any atom is 0.341 e. The van der Waals surface area contributed by atoms with E-state index >= 15 is 0 Å². The van der Waals surface area contributed by atoms with Gasteiger partial charge in [-0.2, -0.15) is 0 Å². The van der Waals surface area contributed by atoms with Crippen LogP contribution < -0.4 is 10.1 Å². The number of fused-ring (bicyclic) bond motifs is 1. The molecule has 0 spiro atoms. The number of benzene rings is 1. The van der Waals surface area contributed by atoms with Crippen LogP contribution in [0.5, 0.6) is 5.75 Å². The Labute approximate surface area is 128 Å². The molecule has 7 nitrogen and oxygen atoms in total. The van der Waals surface area contributed by atoms with Gasteiger partial charge in [0.2, 0.25) is 0 Å². The Morgan fingerprint density at radius 2 is 2.18 bits per heavy atom. The number of hydrogen-bond acceptors (Lipinski definition) is 7. The highest BCUT2D eigenvalue weighted by Crippen LogP contribution is 2.46. The quantitative estimate of drug-likeness (QED) is 0.494. The molecule has 120 valence electrons. The molecule has 1 aromatic carbocycles. The summed E-state index contributed by atoms with van der Waals surface area (Å²) >= 11 is 0. The zero-order chi connectivity index (χ0) is 16.3. The van der Waals surface area contributed by atoms with Gasteiger partial charge < -0.3 is 19.5 Å². The molecule has 1 heterocycles. The average Bonchev–Trinajstić information content (AvgIpc) is 2.81. The van der Waals surface area contributed by atoms with E-state index < -0.39 is 11.6 Å². The third-order valence-corrected chi connectivity index (χ3v) is 3.45. The van der Waals surface area contributed by atoms with Crippen LogP contribution in [0.3, 0.4) is 0 Å². The number of hydrogen-bond donors (Lipinski definition) is 1. The first-order valence-corrected chi connectivity index (χ1v) is 6.97. The molecule has 0 aliphatic carbocycles. The molecule has 0 saturated heterocycles. The van der Waals surface area contributed by atoms with Crippen LogP contribution >= 0.6 is 0 Å². The molecule has 0 radical (unpaired) electrons. The number of ether oxygens (including phenoxy) is 3. The Hall–Kier alpha value is -2.15. The number of carbonyl (C=O) groups excluding carboxylic acids is 1. The summed E-state index contributed by atoms with van der Waals surface area (Å²) in [6.45, 7) is 4.83. The summed E-state index contributed by atoms with van der Waals surface area (Å²) < 4.78 is 15.6. The highest BCUT2D eigenvalue weighted by atomic mass is 16.5. The van der Waals surface area contributed by atoms with Gasteiger partial charge in [0.15, 0.2) is 0 Å². The fourth-order valence-corrected chi connectivity index (χ4v) is 2.54. The van der Waals surface area contributed by atoms with Gasteiger partial charge >= 0.3 is 5.97 Å². The van der Waals surface area contributed by atoms with Crippen molar-refractivity contribution < 1.29 is 19.0 Å². The number of nitrogens with one attached hydrogen (secondary N) is 1. The minimum Gasteiger partial charge on any atom is -0.486 e.